The number of rotatable bonds is 5. The van der Waals surface area contributed by atoms with Crippen molar-refractivity contribution in [2.24, 2.45) is 5.92 Å². The van der Waals surface area contributed by atoms with Gasteiger partial charge in [-0.2, -0.15) is 4.98 Å². The lowest BCUT2D eigenvalue weighted by molar-refractivity contribution is 0.0246. The van der Waals surface area contributed by atoms with E-state index < -0.39 is 0 Å². The first-order valence-corrected chi connectivity index (χ1v) is 8.50. The van der Waals surface area contributed by atoms with Crippen molar-refractivity contribution in [3.63, 3.8) is 0 Å². The summed E-state index contributed by atoms with van der Waals surface area (Å²) < 4.78 is 11.1. The van der Waals surface area contributed by atoms with Crippen LogP contribution in [-0.4, -0.2) is 35.9 Å². The third-order valence-corrected chi connectivity index (χ3v) is 4.80. The van der Waals surface area contributed by atoms with Crippen molar-refractivity contribution in [3.05, 3.63) is 11.7 Å². The fourth-order valence-corrected chi connectivity index (χ4v) is 3.58. The Morgan fingerprint density at radius 1 is 1.24 bits per heavy atom. The molecule has 21 heavy (non-hydrogen) atoms. The number of aromatic nitrogens is 2. The maximum absolute atomic E-state index is 5.69. The standard InChI is InChI=1S/C16H27N3O2/c1-2-3-12-4-6-13(7-5-12)16-18-15(21-19-16)10-14-11-17-8-9-20-14/h12-14,17H,2-11H2,1H3. The van der Waals surface area contributed by atoms with Gasteiger partial charge in [0, 0.05) is 19.0 Å². The summed E-state index contributed by atoms with van der Waals surface area (Å²) in [6, 6.07) is 0. The number of hydrogen-bond donors (Lipinski definition) is 1. The average Bonchev–Trinajstić information content (AvgIpc) is 2.98. The second kappa shape index (κ2) is 7.36. The van der Waals surface area contributed by atoms with E-state index >= 15 is 0 Å². The van der Waals surface area contributed by atoms with E-state index in [0.717, 1.165) is 43.8 Å². The zero-order valence-electron chi connectivity index (χ0n) is 13.0. The van der Waals surface area contributed by atoms with Crippen LogP contribution >= 0.6 is 0 Å². The Kier molecular flexibility index (Phi) is 5.25. The van der Waals surface area contributed by atoms with Gasteiger partial charge in [-0.25, -0.2) is 0 Å². The summed E-state index contributed by atoms with van der Waals surface area (Å²) in [5.74, 6) is 3.07. The van der Waals surface area contributed by atoms with Crippen molar-refractivity contribution in [1.82, 2.24) is 15.5 Å². The Morgan fingerprint density at radius 2 is 2.10 bits per heavy atom. The van der Waals surface area contributed by atoms with Crippen molar-refractivity contribution >= 4 is 0 Å². The molecular weight excluding hydrogens is 266 g/mol. The van der Waals surface area contributed by atoms with Crippen molar-refractivity contribution in [2.45, 2.75) is 63.9 Å². The van der Waals surface area contributed by atoms with Crippen LogP contribution in [0.4, 0.5) is 0 Å². The molecule has 1 aliphatic heterocycles. The molecule has 5 heteroatoms. The van der Waals surface area contributed by atoms with Crippen molar-refractivity contribution < 1.29 is 9.26 Å². The first kappa shape index (κ1) is 15.0. The lowest BCUT2D eigenvalue weighted by Gasteiger charge is -2.26. The smallest absolute Gasteiger partial charge is 0.229 e. The van der Waals surface area contributed by atoms with Gasteiger partial charge in [-0.15, -0.1) is 0 Å². The second-order valence-corrected chi connectivity index (χ2v) is 6.45. The van der Waals surface area contributed by atoms with Gasteiger partial charge >= 0.3 is 0 Å². The number of ether oxygens (including phenoxy) is 1. The van der Waals surface area contributed by atoms with Gasteiger partial charge in [-0.3, -0.25) is 0 Å². The lowest BCUT2D eigenvalue weighted by Crippen LogP contribution is -2.39. The fraction of sp³-hybridized carbons (Fsp3) is 0.875. The van der Waals surface area contributed by atoms with Crippen LogP contribution in [0.2, 0.25) is 0 Å². The molecule has 2 fully saturated rings. The normalized spacial score (nSPS) is 30.4. The highest BCUT2D eigenvalue weighted by Gasteiger charge is 2.26. The molecule has 118 valence electrons. The van der Waals surface area contributed by atoms with Crippen LogP contribution in [0.1, 0.15) is 63.1 Å². The summed E-state index contributed by atoms with van der Waals surface area (Å²) in [7, 11) is 0. The number of hydrogen-bond acceptors (Lipinski definition) is 5. The van der Waals surface area contributed by atoms with Gasteiger partial charge in [0.15, 0.2) is 5.82 Å². The summed E-state index contributed by atoms with van der Waals surface area (Å²) in [6.45, 7) is 4.86. The van der Waals surface area contributed by atoms with Crippen molar-refractivity contribution in [1.29, 1.82) is 0 Å². The van der Waals surface area contributed by atoms with E-state index in [1.54, 1.807) is 0 Å². The predicted octanol–water partition coefficient (Wildman–Crippen LogP) is 2.67. The molecule has 0 aromatic carbocycles. The van der Waals surface area contributed by atoms with Gasteiger partial charge in [-0.05, 0) is 31.6 Å². The number of nitrogens with one attached hydrogen (secondary N) is 1. The van der Waals surface area contributed by atoms with Crippen LogP contribution in [0.25, 0.3) is 0 Å². The third kappa shape index (κ3) is 4.04. The number of morpholine rings is 1. The summed E-state index contributed by atoms with van der Waals surface area (Å²) in [5, 5.41) is 7.54. The van der Waals surface area contributed by atoms with Crippen LogP contribution in [0.5, 0.6) is 0 Å². The Hall–Kier alpha value is -0.940. The van der Waals surface area contributed by atoms with E-state index in [4.69, 9.17) is 9.26 Å². The van der Waals surface area contributed by atoms with Gasteiger partial charge < -0.3 is 14.6 Å². The van der Waals surface area contributed by atoms with E-state index in [1.807, 2.05) is 0 Å². The molecular formula is C16H27N3O2. The minimum Gasteiger partial charge on any atom is -0.375 e. The van der Waals surface area contributed by atoms with E-state index in [-0.39, 0.29) is 6.10 Å². The highest BCUT2D eigenvalue weighted by Crippen LogP contribution is 2.36. The van der Waals surface area contributed by atoms with Crippen LogP contribution in [0, 0.1) is 5.92 Å². The molecule has 1 saturated carbocycles. The molecule has 1 saturated heterocycles. The maximum atomic E-state index is 5.69. The van der Waals surface area contributed by atoms with Crippen molar-refractivity contribution in [2.75, 3.05) is 19.7 Å². The largest absolute Gasteiger partial charge is 0.375 e. The molecule has 2 aliphatic rings. The quantitative estimate of drug-likeness (QED) is 0.904. The third-order valence-electron chi connectivity index (χ3n) is 4.80. The van der Waals surface area contributed by atoms with Gasteiger partial charge in [0.2, 0.25) is 5.89 Å². The Bertz CT molecular complexity index is 421. The van der Waals surface area contributed by atoms with Gasteiger partial charge in [0.25, 0.3) is 0 Å². The molecule has 0 radical (unpaired) electrons. The highest BCUT2D eigenvalue weighted by atomic mass is 16.5. The number of nitrogens with zero attached hydrogens (tertiary/aromatic N) is 2. The molecule has 1 unspecified atom stereocenters. The van der Waals surface area contributed by atoms with E-state index in [9.17, 15) is 0 Å². The zero-order chi connectivity index (χ0) is 14.5. The predicted molar refractivity (Wildman–Crippen MR) is 80.2 cm³/mol. The molecule has 1 N–H and O–H groups in total. The molecule has 3 rings (SSSR count). The molecule has 5 nitrogen and oxygen atoms in total. The van der Waals surface area contributed by atoms with E-state index in [1.165, 1.54) is 38.5 Å². The minimum atomic E-state index is 0.173. The van der Waals surface area contributed by atoms with Crippen LogP contribution in [0.3, 0.4) is 0 Å². The topological polar surface area (TPSA) is 60.2 Å². The second-order valence-electron chi connectivity index (χ2n) is 6.45. The average molecular weight is 293 g/mol. The van der Waals surface area contributed by atoms with Gasteiger partial charge in [0.05, 0.1) is 19.1 Å². The summed E-state index contributed by atoms with van der Waals surface area (Å²) in [4.78, 5) is 4.61. The first-order chi connectivity index (χ1) is 10.3. The minimum absolute atomic E-state index is 0.173. The molecule has 0 bridgehead atoms. The van der Waals surface area contributed by atoms with Gasteiger partial charge in [-0.1, -0.05) is 24.9 Å². The van der Waals surface area contributed by atoms with Crippen LogP contribution in [-0.2, 0) is 11.2 Å². The van der Waals surface area contributed by atoms with E-state index in [0.29, 0.717) is 5.92 Å². The van der Waals surface area contributed by atoms with E-state index in [2.05, 4.69) is 22.4 Å². The molecule has 0 amide bonds. The summed E-state index contributed by atoms with van der Waals surface area (Å²) in [5.41, 5.74) is 0. The first-order valence-electron chi connectivity index (χ1n) is 8.50. The molecule has 1 atom stereocenters. The Labute approximate surface area is 126 Å². The highest BCUT2D eigenvalue weighted by molar-refractivity contribution is 4.98. The zero-order valence-corrected chi connectivity index (χ0v) is 13.0. The van der Waals surface area contributed by atoms with Crippen LogP contribution in [0.15, 0.2) is 4.52 Å². The Balaban J connectivity index is 1.50. The monoisotopic (exact) mass is 293 g/mol. The summed E-state index contributed by atoms with van der Waals surface area (Å²) >= 11 is 0. The molecule has 1 aromatic rings. The molecule has 0 spiro atoms. The van der Waals surface area contributed by atoms with Crippen molar-refractivity contribution in [3.8, 4) is 0 Å². The van der Waals surface area contributed by atoms with Gasteiger partial charge in [0.1, 0.15) is 0 Å². The molecule has 2 heterocycles. The Morgan fingerprint density at radius 3 is 2.81 bits per heavy atom. The SMILES string of the molecule is CCCC1CCC(c2noc(CC3CNCCO3)n2)CC1. The molecule has 1 aliphatic carbocycles. The van der Waals surface area contributed by atoms with Crippen LogP contribution < -0.4 is 5.32 Å². The fourth-order valence-electron chi connectivity index (χ4n) is 3.58. The lowest BCUT2D eigenvalue weighted by atomic mass is 9.80. The molecule has 1 aromatic heterocycles. The maximum Gasteiger partial charge on any atom is 0.229 e. The summed E-state index contributed by atoms with van der Waals surface area (Å²) in [6.07, 6.45) is 8.64.